The Morgan fingerprint density at radius 1 is 1.16 bits per heavy atom. The van der Waals surface area contributed by atoms with E-state index in [-0.39, 0.29) is 0 Å². The normalized spacial score (nSPS) is 11.1. The maximum Gasteiger partial charge on any atom is 0.166 e. The third-order valence-electron chi connectivity index (χ3n) is 3.84. The van der Waals surface area contributed by atoms with Crippen molar-refractivity contribution >= 4 is 34.1 Å². The number of thiazole rings is 1. The Labute approximate surface area is 154 Å². The van der Waals surface area contributed by atoms with Gasteiger partial charge in [0.2, 0.25) is 0 Å². The minimum Gasteiger partial charge on any atom is -0.497 e. The molecule has 1 N–H and O–H groups in total. The van der Waals surface area contributed by atoms with E-state index in [1.165, 1.54) is 5.56 Å². The first-order valence-corrected chi connectivity index (χ1v) is 9.76. The summed E-state index contributed by atoms with van der Waals surface area (Å²) in [5.41, 5.74) is 5.46. The van der Waals surface area contributed by atoms with E-state index in [9.17, 15) is 0 Å². The molecule has 0 saturated carbocycles. The minimum absolute atomic E-state index is 0.791. The largest absolute Gasteiger partial charge is 0.497 e. The molecule has 4 aromatic rings. The molecule has 2 heterocycles. The van der Waals surface area contributed by atoms with E-state index < -0.39 is 0 Å². The molecule has 2 aromatic heterocycles. The van der Waals surface area contributed by atoms with Gasteiger partial charge in [-0.05, 0) is 36.8 Å². The molecule has 0 aliphatic rings. The lowest BCUT2D eigenvalue weighted by Crippen LogP contribution is -1.85. The van der Waals surface area contributed by atoms with Gasteiger partial charge in [0.1, 0.15) is 10.8 Å². The van der Waals surface area contributed by atoms with Crippen LogP contribution in [0.4, 0.5) is 0 Å². The molecule has 2 aromatic carbocycles. The van der Waals surface area contributed by atoms with Crippen molar-refractivity contribution in [3.63, 3.8) is 0 Å². The van der Waals surface area contributed by atoms with Crippen LogP contribution < -0.4 is 4.74 Å². The average Bonchev–Trinajstić information content (AvgIpc) is 3.26. The number of imidazole rings is 1. The van der Waals surface area contributed by atoms with Gasteiger partial charge in [-0.3, -0.25) is 0 Å². The van der Waals surface area contributed by atoms with Crippen LogP contribution in [0.1, 0.15) is 11.3 Å². The van der Waals surface area contributed by atoms with Crippen LogP contribution in [0.15, 0.2) is 53.0 Å². The predicted molar refractivity (Wildman–Crippen MR) is 104 cm³/mol. The summed E-state index contributed by atoms with van der Waals surface area (Å²) in [6.07, 6.45) is 0. The van der Waals surface area contributed by atoms with Crippen LogP contribution in [-0.2, 0) is 5.75 Å². The molecule has 0 radical (unpaired) electrons. The summed E-state index contributed by atoms with van der Waals surface area (Å²) in [6, 6.07) is 14.2. The summed E-state index contributed by atoms with van der Waals surface area (Å²) in [7, 11) is 1.68. The van der Waals surface area contributed by atoms with Crippen molar-refractivity contribution in [1.82, 2.24) is 15.0 Å². The molecule has 4 rings (SSSR count). The van der Waals surface area contributed by atoms with E-state index in [1.54, 1.807) is 30.2 Å². The molecule has 0 amide bonds. The molecule has 4 nitrogen and oxygen atoms in total. The Kier molecular flexibility index (Phi) is 4.46. The lowest BCUT2D eigenvalue weighted by atomic mass is 10.2. The number of aromatic nitrogens is 3. The zero-order chi connectivity index (χ0) is 17.2. The Morgan fingerprint density at radius 2 is 2.08 bits per heavy atom. The fourth-order valence-corrected chi connectivity index (χ4v) is 4.27. The van der Waals surface area contributed by atoms with E-state index >= 15 is 0 Å². The standard InChI is InChI=1S/C19H17N3OS2/c1-12-6-7-16-17(8-12)22-19(21-16)25-11-14-10-24-18(20-14)13-4-3-5-15(9-13)23-2/h3-10H,11H2,1-2H3,(H,21,22). The summed E-state index contributed by atoms with van der Waals surface area (Å²) in [5.74, 6) is 1.64. The van der Waals surface area contributed by atoms with Gasteiger partial charge in [0.05, 0.1) is 23.8 Å². The summed E-state index contributed by atoms with van der Waals surface area (Å²) >= 11 is 3.33. The molecule has 0 aliphatic heterocycles. The number of aryl methyl sites for hydroxylation is 1. The monoisotopic (exact) mass is 367 g/mol. The van der Waals surface area contributed by atoms with Crippen LogP contribution >= 0.6 is 23.1 Å². The van der Waals surface area contributed by atoms with E-state index in [4.69, 9.17) is 9.72 Å². The maximum absolute atomic E-state index is 5.29. The second kappa shape index (κ2) is 6.90. The van der Waals surface area contributed by atoms with Crippen LogP contribution in [-0.4, -0.2) is 22.1 Å². The number of rotatable bonds is 5. The van der Waals surface area contributed by atoms with Crippen molar-refractivity contribution in [3.8, 4) is 16.3 Å². The maximum atomic E-state index is 5.29. The van der Waals surface area contributed by atoms with Crippen molar-refractivity contribution in [3.05, 3.63) is 59.1 Å². The number of hydrogen-bond donors (Lipinski definition) is 1. The molecule has 0 spiro atoms. The summed E-state index contributed by atoms with van der Waals surface area (Å²) in [6.45, 7) is 2.09. The molecule has 6 heteroatoms. The second-order valence-electron chi connectivity index (χ2n) is 5.73. The quantitative estimate of drug-likeness (QED) is 0.487. The molecule has 25 heavy (non-hydrogen) atoms. The smallest absolute Gasteiger partial charge is 0.166 e. The van der Waals surface area contributed by atoms with E-state index in [0.29, 0.717) is 0 Å². The van der Waals surface area contributed by atoms with Crippen molar-refractivity contribution in [2.45, 2.75) is 17.8 Å². The third-order valence-corrected chi connectivity index (χ3v) is 5.69. The van der Waals surface area contributed by atoms with Crippen LogP contribution in [0.5, 0.6) is 5.75 Å². The Hall–Kier alpha value is -2.31. The van der Waals surface area contributed by atoms with Crippen LogP contribution in [0.2, 0.25) is 0 Å². The Balaban J connectivity index is 1.48. The number of nitrogens with zero attached hydrogens (tertiary/aromatic N) is 2. The van der Waals surface area contributed by atoms with Gasteiger partial charge in [0.15, 0.2) is 5.16 Å². The molecule has 0 atom stereocenters. The van der Waals surface area contributed by atoms with Gasteiger partial charge in [0, 0.05) is 16.7 Å². The fraction of sp³-hybridized carbons (Fsp3) is 0.158. The van der Waals surface area contributed by atoms with Gasteiger partial charge in [-0.1, -0.05) is 30.0 Å². The van der Waals surface area contributed by atoms with Crippen LogP contribution in [0.25, 0.3) is 21.6 Å². The van der Waals surface area contributed by atoms with Crippen LogP contribution in [0.3, 0.4) is 0 Å². The fourth-order valence-electron chi connectivity index (χ4n) is 2.57. The number of ether oxygens (including phenoxy) is 1. The number of fused-ring (bicyclic) bond motifs is 1. The highest BCUT2D eigenvalue weighted by Gasteiger charge is 2.08. The summed E-state index contributed by atoms with van der Waals surface area (Å²) < 4.78 is 5.29. The number of aromatic amines is 1. The molecular formula is C19H17N3OS2. The van der Waals surface area contributed by atoms with Gasteiger partial charge in [-0.25, -0.2) is 9.97 Å². The molecule has 126 valence electrons. The summed E-state index contributed by atoms with van der Waals surface area (Å²) in [4.78, 5) is 12.7. The van der Waals surface area contributed by atoms with Crippen molar-refractivity contribution < 1.29 is 4.74 Å². The number of H-pyrrole nitrogens is 1. The van der Waals surface area contributed by atoms with Gasteiger partial charge in [-0.2, -0.15) is 0 Å². The molecule has 0 unspecified atom stereocenters. The van der Waals surface area contributed by atoms with Gasteiger partial charge >= 0.3 is 0 Å². The molecule has 0 bridgehead atoms. The number of thioether (sulfide) groups is 1. The Bertz CT molecular complexity index is 1020. The number of methoxy groups -OCH3 is 1. The molecular weight excluding hydrogens is 350 g/mol. The predicted octanol–water partition coefficient (Wildman–Crippen LogP) is 5.30. The second-order valence-corrected chi connectivity index (χ2v) is 7.55. The zero-order valence-corrected chi connectivity index (χ0v) is 15.6. The van der Waals surface area contributed by atoms with Crippen LogP contribution in [0, 0.1) is 6.92 Å². The molecule has 0 aliphatic carbocycles. The number of nitrogens with one attached hydrogen (secondary N) is 1. The third kappa shape index (κ3) is 3.55. The highest BCUT2D eigenvalue weighted by molar-refractivity contribution is 7.98. The number of hydrogen-bond acceptors (Lipinski definition) is 5. The van der Waals surface area contributed by atoms with Crippen molar-refractivity contribution in [2.75, 3.05) is 7.11 Å². The van der Waals surface area contributed by atoms with Crippen molar-refractivity contribution in [2.24, 2.45) is 0 Å². The molecule has 0 saturated heterocycles. The van der Waals surface area contributed by atoms with Gasteiger partial charge in [-0.15, -0.1) is 11.3 Å². The first-order chi connectivity index (χ1) is 12.2. The lowest BCUT2D eigenvalue weighted by molar-refractivity contribution is 0.415. The van der Waals surface area contributed by atoms with E-state index in [1.807, 2.05) is 18.2 Å². The SMILES string of the molecule is COc1cccc(-c2nc(CSc3nc4ccc(C)cc4[nH]3)cs2)c1. The topological polar surface area (TPSA) is 50.8 Å². The first-order valence-electron chi connectivity index (χ1n) is 7.89. The van der Waals surface area contributed by atoms with Gasteiger partial charge in [0.25, 0.3) is 0 Å². The lowest BCUT2D eigenvalue weighted by Gasteiger charge is -2.01. The summed E-state index contributed by atoms with van der Waals surface area (Å²) in [5, 5.41) is 4.04. The minimum atomic E-state index is 0.791. The van der Waals surface area contributed by atoms with Gasteiger partial charge < -0.3 is 9.72 Å². The molecule has 0 fully saturated rings. The average molecular weight is 367 g/mol. The number of benzene rings is 2. The highest BCUT2D eigenvalue weighted by Crippen LogP contribution is 2.29. The van der Waals surface area contributed by atoms with Crippen molar-refractivity contribution in [1.29, 1.82) is 0 Å². The zero-order valence-electron chi connectivity index (χ0n) is 13.9. The first kappa shape index (κ1) is 16.2. The van der Waals surface area contributed by atoms with E-state index in [2.05, 4.69) is 46.5 Å². The highest BCUT2D eigenvalue weighted by atomic mass is 32.2. The van der Waals surface area contributed by atoms with E-state index in [0.717, 1.165) is 44.0 Å². The Morgan fingerprint density at radius 3 is 2.96 bits per heavy atom.